The molecule has 1 fully saturated rings. The van der Waals surface area contributed by atoms with Crippen molar-refractivity contribution in [2.75, 3.05) is 20.2 Å². The first-order valence-corrected chi connectivity index (χ1v) is 9.83. The van der Waals surface area contributed by atoms with Gasteiger partial charge in [0.15, 0.2) is 5.60 Å². The van der Waals surface area contributed by atoms with Crippen molar-refractivity contribution >= 4 is 12.0 Å². The molecule has 0 radical (unpaired) electrons. The van der Waals surface area contributed by atoms with Crippen molar-refractivity contribution in [3.05, 3.63) is 54.4 Å². The highest BCUT2D eigenvalue weighted by molar-refractivity contribution is 5.77. The van der Waals surface area contributed by atoms with Gasteiger partial charge in [-0.15, -0.1) is 0 Å². The Balaban J connectivity index is 1.48. The molecule has 1 aromatic heterocycles. The van der Waals surface area contributed by atoms with Crippen LogP contribution in [0.1, 0.15) is 26.0 Å². The molecule has 0 spiro atoms. The number of carbonyl (C=O) groups is 2. The van der Waals surface area contributed by atoms with Crippen LogP contribution in [0.5, 0.6) is 11.5 Å². The van der Waals surface area contributed by atoms with Crippen molar-refractivity contribution in [1.82, 2.24) is 14.8 Å². The Kier molecular flexibility index (Phi) is 6.44. The first kappa shape index (κ1) is 21.4. The number of carbonyl (C=O) groups excluding carboxylic acids is 1. The van der Waals surface area contributed by atoms with Gasteiger partial charge in [-0.1, -0.05) is 6.07 Å². The molecule has 2 amide bonds. The van der Waals surface area contributed by atoms with Crippen LogP contribution in [0.4, 0.5) is 4.79 Å². The number of urea groups is 1. The number of carboxylic acid groups (broad SMARTS) is 1. The molecule has 0 unspecified atom stereocenters. The topological polar surface area (TPSA) is 92.2 Å². The second-order valence-electron chi connectivity index (χ2n) is 7.77. The first-order chi connectivity index (χ1) is 14.3. The maximum atomic E-state index is 12.5. The third kappa shape index (κ3) is 5.20. The van der Waals surface area contributed by atoms with Gasteiger partial charge in [0.1, 0.15) is 11.5 Å². The number of carboxylic acids is 1. The van der Waals surface area contributed by atoms with E-state index in [-0.39, 0.29) is 12.1 Å². The van der Waals surface area contributed by atoms with Gasteiger partial charge in [0.25, 0.3) is 0 Å². The van der Waals surface area contributed by atoms with E-state index in [1.165, 1.54) is 13.8 Å². The van der Waals surface area contributed by atoms with Crippen molar-refractivity contribution in [2.45, 2.75) is 38.5 Å². The Morgan fingerprint density at radius 2 is 1.90 bits per heavy atom. The smallest absolute Gasteiger partial charge is 0.347 e. The Hall–Kier alpha value is -3.29. The lowest BCUT2D eigenvalue weighted by atomic mass is 10.1. The Labute approximate surface area is 176 Å². The average Bonchev–Trinajstić information content (AvgIpc) is 2.98. The van der Waals surface area contributed by atoms with Crippen molar-refractivity contribution in [2.24, 2.45) is 0 Å². The summed E-state index contributed by atoms with van der Waals surface area (Å²) in [6, 6.07) is 12.6. The van der Waals surface area contributed by atoms with Gasteiger partial charge in [-0.3, -0.25) is 4.98 Å². The second kappa shape index (κ2) is 9.02. The van der Waals surface area contributed by atoms with Gasteiger partial charge in [-0.25, -0.2) is 9.59 Å². The standard InChI is InChI=1S/C22H27N3O5/c1-22(2,20(26)27)30-19-9-7-18(8-10-19)29-13-11-17-15-25(21(28)24(17)3)14-16-6-4-5-12-23-16/h4-10,12,17H,11,13-15H2,1-3H3,(H,26,27)/t17-/m0/s1. The van der Waals surface area contributed by atoms with Gasteiger partial charge < -0.3 is 24.4 Å². The molecule has 160 valence electrons. The van der Waals surface area contributed by atoms with Gasteiger partial charge in [0.05, 0.1) is 24.9 Å². The van der Waals surface area contributed by atoms with E-state index in [4.69, 9.17) is 14.6 Å². The van der Waals surface area contributed by atoms with Gasteiger partial charge in [-0.05, 0) is 50.2 Å². The zero-order chi connectivity index (χ0) is 21.7. The minimum atomic E-state index is -1.30. The molecule has 1 aromatic carbocycles. The summed E-state index contributed by atoms with van der Waals surface area (Å²) in [5, 5.41) is 9.13. The molecular weight excluding hydrogens is 386 g/mol. The Bertz CT molecular complexity index is 870. The fourth-order valence-electron chi connectivity index (χ4n) is 3.19. The van der Waals surface area contributed by atoms with Gasteiger partial charge >= 0.3 is 12.0 Å². The molecule has 2 aromatic rings. The van der Waals surface area contributed by atoms with Crippen LogP contribution in [0.25, 0.3) is 0 Å². The van der Waals surface area contributed by atoms with Crippen LogP contribution >= 0.6 is 0 Å². The molecule has 0 bridgehead atoms. The van der Waals surface area contributed by atoms with E-state index in [1.54, 1.807) is 40.3 Å². The Morgan fingerprint density at radius 1 is 1.20 bits per heavy atom. The number of pyridine rings is 1. The predicted molar refractivity (Wildman–Crippen MR) is 110 cm³/mol. The molecule has 1 saturated heterocycles. The summed E-state index contributed by atoms with van der Waals surface area (Å²) in [6.07, 6.45) is 2.43. The molecule has 1 N–H and O–H groups in total. The van der Waals surface area contributed by atoms with Crippen LogP contribution < -0.4 is 9.47 Å². The van der Waals surface area contributed by atoms with E-state index in [0.29, 0.717) is 37.6 Å². The number of rotatable bonds is 9. The number of ether oxygens (including phenoxy) is 2. The van der Waals surface area contributed by atoms with E-state index in [0.717, 1.165) is 5.69 Å². The van der Waals surface area contributed by atoms with Crippen LogP contribution in [-0.2, 0) is 11.3 Å². The molecule has 0 aliphatic carbocycles. The molecule has 3 rings (SSSR count). The second-order valence-corrected chi connectivity index (χ2v) is 7.77. The van der Waals surface area contributed by atoms with Crippen molar-refractivity contribution in [3.63, 3.8) is 0 Å². The van der Waals surface area contributed by atoms with Crippen LogP contribution in [0, 0.1) is 0 Å². The highest BCUT2D eigenvalue weighted by Gasteiger charge is 2.34. The van der Waals surface area contributed by atoms with E-state index in [1.807, 2.05) is 25.2 Å². The molecular formula is C22H27N3O5. The summed E-state index contributed by atoms with van der Waals surface area (Å²) in [4.78, 5) is 31.5. The summed E-state index contributed by atoms with van der Waals surface area (Å²) in [7, 11) is 1.81. The molecule has 30 heavy (non-hydrogen) atoms. The fourth-order valence-corrected chi connectivity index (χ4v) is 3.19. The SMILES string of the molecule is CN1C(=O)N(Cc2ccccn2)C[C@@H]1CCOc1ccc(OC(C)(C)C(=O)O)cc1. The Morgan fingerprint density at radius 3 is 2.53 bits per heavy atom. The van der Waals surface area contributed by atoms with Gasteiger partial charge in [0, 0.05) is 26.2 Å². The largest absolute Gasteiger partial charge is 0.494 e. The molecule has 0 saturated carbocycles. The molecule has 1 aliphatic heterocycles. The maximum absolute atomic E-state index is 12.5. The summed E-state index contributed by atoms with van der Waals surface area (Å²) in [5.41, 5.74) is -0.437. The number of aromatic nitrogens is 1. The number of nitrogens with zero attached hydrogens (tertiary/aromatic N) is 3. The minimum Gasteiger partial charge on any atom is -0.494 e. The van der Waals surface area contributed by atoms with E-state index in [9.17, 15) is 9.59 Å². The van der Waals surface area contributed by atoms with Crippen LogP contribution in [0.2, 0.25) is 0 Å². The number of amides is 2. The zero-order valence-corrected chi connectivity index (χ0v) is 17.4. The number of aliphatic carboxylic acids is 1. The van der Waals surface area contributed by atoms with E-state index < -0.39 is 11.6 Å². The summed E-state index contributed by atoms with van der Waals surface area (Å²) in [6.45, 7) is 4.58. The molecule has 8 heteroatoms. The number of hydrogen-bond acceptors (Lipinski definition) is 5. The van der Waals surface area contributed by atoms with Crippen LogP contribution in [0.3, 0.4) is 0 Å². The first-order valence-electron chi connectivity index (χ1n) is 9.83. The predicted octanol–water partition coefficient (Wildman–Crippen LogP) is 3.03. The molecule has 8 nitrogen and oxygen atoms in total. The summed E-state index contributed by atoms with van der Waals surface area (Å²) >= 11 is 0. The summed E-state index contributed by atoms with van der Waals surface area (Å²) in [5.74, 6) is 0.0870. The van der Waals surface area contributed by atoms with E-state index in [2.05, 4.69) is 4.98 Å². The lowest BCUT2D eigenvalue weighted by molar-refractivity contribution is -0.152. The lowest BCUT2D eigenvalue weighted by Gasteiger charge is -2.21. The quantitative estimate of drug-likeness (QED) is 0.679. The average molecular weight is 413 g/mol. The lowest BCUT2D eigenvalue weighted by Crippen LogP contribution is -2.37. The highest BCUT2D eigenvalue weighted by Crippen LogP contribution is 2.23. The normalized spacial score (nSPS) is 16.6. The van der Waals surface area contributed by atoms with Crippen molar-refractivity contribution in [3.8, 4) is 11.5 Å². The third-order valence-electron chi connectivity index (χ3n) is 5.06. The summed E-state index contributed by atoms with van der Waals surface area (Å²) < 4.78 is 11.3. The number of benzene rings is 1. The van der Waals surface area contributed by atoms with E-state index >= 15 is 0 Å². The van der Waals surface area contributed by atoms with Gasteiger partial charge in [-0.2, -0.15) is 0 Å². The fraction of sp³-hybridized carbons (Fsp3) is 0.409. The van der Waals surface area contributed by atoms with Crippen molar-refractivity contribution in [1.29, 1.82) is 0 Å². The van der Waals surface area contributed by atoms with Crippen LogP contribution in [0.15, 0.2) is 48.7 Å². The molecule has 1 aliphatic rings. The maximum Gasteiger partial charge on any atom is 0.347 e. The zero-order valence-electron chi connectivity index (χ0n) is 17.4. The minimum absolute atomic E-state index is 0.00630. The molecule has 1 atom stereocenters. The van der Waals surface area contributed by atoms with Gasteiger partial charge in [0.2, 0.25) is 0 Å². The highest BCUT2D eigenvalue weighted by atomic mass is 16.5. The third-order valence-corrected chi connectivity index (χ3v) is 5.06. The van der Waals surface area contributed by atoms with Crippen molar-refractivity contribution < 1.29 is 24.2 Å². The van der Waals surface area contributed by atoms with Crippen LogP contribution in [-0.4, -0.2) is 63.7 Å². The number of likely N-dealkylation sites (N-methyl/N-ethyl adjacent to an activating group) is 1. The molecule has 2 heterocycles. The monoisotopic (exact) mass is 413 g/mol. The number of hydrogen-bond donors (Lipinski definition) is 1.